The van der Waals surface area contributed by atoms with E-state index in [1.54, 1.807) is 0 Å². The lowest BCUT2D eigenvalue weighted by atomic mass is 9.79. The van der Waals surface area contributed by atoms with Crippen LogP contribution in [0.1, 0.15) is 44.9 Å². The molecule has 2 amide bonds. The molecular weight excluding hydrogens is 280 g/mol. The number of likely N-dealkylation sites (tertiary alicyclic amines) is 2. The maximum atomic E-state index is 12.2. The lowest BCUT2D eigenvalue weighted by molar-refractivity contribution is -0.193. The molecule has 1 atom stereocenters. The van der Waals surface area contributed by atoms with Gasteiger partial charge in [-0.25, -0.2) is 0 Å². The molecule has 4 rings (SSSR count). The van der Waals surface area contributed by atoms with E-state index in [2.05, 4.69) is 0 Å². The largest absolute Gasteiger partial charge is 0.371 e. The monoisotopic (exact) mass is 306 g/mol. The molecule has 5 nitrogen and oxygen atoms in total. The van der Waals surface area contributed by atoms with Crippen molar-refractivity contribution in [2.75, 3.05) is 32.8 Å². The molecule has 0 radical (unpaired) electrons. The van der Waals surface area contributed by atoms with E-state index in [0.717, 1.165) is 71.3 Å². The highest BCUT2D eigenvalue weighted by Gasteiger charge is 2.50. The van der Waals surface area contributed by atoms with Gasteiger partial charge < -0.3 is 14.5 Å². The summed E-state index contributed by atoms with van der Waals surface area (Å²) in [6.07, 6.45) is 7.25. The number of nitrogens with zero attached hydrogens (tertiary/aromatic N) is 2. The molecule has 122 valence electrons. The highest BCUT2D eigenvalue weighted by atomic mass is 16.5. The number of hydrogen-bond donors (Lipinski definition) is 0. The maximum absolute atomic E-state index is 12.2. The zero-order chi connectivity index (χ0) is 15.2. The molecule has 22 heavy (non-hydrogen) atoms. The van der Waals surface area contributed by atoms with Crippen molar-refractivity contribution in [1.29, 1.82) is 0 Å². The highest BCUT2D eigenvalue weighted by Crippen LogP contribution is 2.39. The molecule has 1 saturated carbocycles. The zero-order valence-corrected chi connectivity index (χ0v) is 13.3. The topological polar surface area (TPSA) is 49.9 Å². The summed E-state index contributed by atoms with van der Waals surface area (Å²) in [5.41, 5.74) is -0.0646. The summed E-state index contributed by atoms with van der Waals surface area (Å²) in [6.45, 7) is 4.11. The fourth-order valence-electron chi connectivity index (χ4n) is 4.24. The van der Waals surface area contributed by atoms with E-state index < -0.39 is 0 Å². The smallest absolute Gasteiger partial charge is 0.225 e. The number of rotatable bonds is 3. The number of hydrogen-bond acceptors (Lipinski definition) is 3. The SMILES string of the molecule is O=C1CCCN1C[C@@H]1CCC2(CN(C(=O)C3CCC3)C2)OC1. The van der Waals surface area contributed by atoms with Crippen LogP contribution < -0.4 is 0 Å². The molecule has 4 aliphatic rings. The Bertz CT molecular complexity index is 459. The van der Waals surface area contributed by atoms with Gasteiger partial charge in [-0.05, 0) is 32.1 Å². The molecular formula is C17H26N2O3. The molecule has 0 N–H and O–H groups in total. The van der Waals surface area contributed by atoms with Crippen molar-refractivity contribution < 1.29 is 14.3 Å². The summed E-state index contributed by atoms with van der Waals surface area (Å²) in [4.78, 5) is 27.9. The van der Waals surface area contributed by atoms with Gasteiger partial charge in [0.2, 0.25) is 11.8 Å². The highest BCUT2D eigenvalue weighted by molar-refractivity contribution is 5.80. The summed E-state index contributed by atoms with van der Waals surface area (Å²) in [6, 6.07) is 0. The minimum Gasteiger partial charge on any atom is -0.371 e. The minimum absolute atomic E-state index is 0.0646. The molecule has 3 saturated heterocycles. The first-order valence-corrected chi connectivity index (χ1v) is 8.86. The van der Waals surface area contributed by atoms with Gasteiger partial charge in [0.15, 0.2) is 0 Å². The molecule has 1 aliphatic carbocycles. The van der Waals surface area contributed by atoms with E-state index in [0.29, 0.717) is 23.7 Å². The molecule has 5 heteroatoms. The summed E-state index contributed by atoms with van der Waals surface area (Å²) in [5.74, 6) is 1.44. The zero-order valence-electron chi connectivity index (χ0n) is 13.3. The first kappa shape index (κ1) is 14.5. The third kappa shape index (κ3) is 2.53. The molecule has 0 bridgehead atoms. The summed E-state index contributed by atoms with van der Waals surface area (Å²) in [5, 5.41) is 0. The standard InChI is InChI=1S/C17H26N2O3/c20-15-5-2-8-18(15)9-13-6-7-17(22-10-13)11-19(12-17)16(21)14-3-1-4-14/h13-14H,1-12H2/t13-/m0/s1. The maximum Gasteiger partial charge on any atom is 0.225 e. The lowest BCUT2D eigenvalue weighted by Crippen LogP contribution is -2.67. The summed E-state index contributed by atoms with van der Waals surface area (Å²) >= 11 is 0. The second-order valence-corrected chi connectivity index (χ2v) is 7.66. The van der Waals surface area contributed by atoms with Gasteiger partial charge in [0.05, 0.1) is 19.7 Å². The Balaban J connectivity index is 1.23. The van der Waals surface area contributed by atoms with Crippen molar-refractivity contribution in [3.8, 4) is 0 Å². The molecule has 0 aromatic rings. The predicted octanol–water partition coefficient (Wildman–Crippen LogP) is 1.42. The second-order valence-electron chi connectivity index (χ2n) is 7.66. The van der Waals surface area contributed by atoms with Crippen molar-refractivity contribution in [2.24, 2.45) is 11.8 Å². The van der Waals surface area contributed by atoms with Crippen molar-refractivity contribution in [3.05, 3.63) is 0 Å². The molecule has 3 heterocycles. The fourth-order valence-corrected chi connectivity index (χ4v) is 4.24. The average molecular weight is 306 g/mol. The Morgan fingerprint density at radius 3 is 2.59 bits per heavy atom. The van der Waals surface area contributed by atoms with E-state index in [-0.39, 0.29) is 5.60 Å². The minimum atomic E-state index is -0.0646. The first-order chi connectivity index (χ1) is 10.7. The molecule has 4 fully saturated rings. The summed E-state index contributed by atoms with van der Waals surface area (Å²) < 4.78 is 6.14. The van der Waals surface area contributed by atoms with Crippen LogP contribution in [0.5, 0.6) is 0 Å². The van der Waals surface area contributed by atoms with Gasteiger partial charge in [-0.15, -0.1) is 0 Å². The normalized spacial score (nSPS) is 31.3. The van der Waals surface area contributed by atoms with Crippen molar-refractivity contribution in [2.45, 2.75) is 50.5 Å². The number of amides is 2. The van der Waals surface area contributed by atoms with Gasteiger partial charge in [-0.1, -0.05) is 6.42 Å². The molecule has 0 aromatic carbocycles. The molecule has 0 aromatic heterocycles. The Hall–Kier alpha value is -1.10. The van der Waals surface area contributed by atoms with E-state index in [1.165, 1.54) is 6.42 Å². The van der Waals surface area contributed by atoms with Crippen LogP contribution in [0.2, 0.25) is 0 Å². The molecule has 3 aliphatic heterocycles. The first-order valence-electron chi connectivity index (χ1n) is 8.86. The third-order valence-corrected chi connectivity index (χ3v) is 6.01. The second kappa shape index (κ2) is 5.52. The number of carbonyl (C=O) groups is 2. The van der Waals surface area contributed by atoms with Crippen LogP contribution in [-0.2, 0) is 14.3 Å². The van der Waals surface area contributed by atoms with Gasteiger partial charge in [0.1, 0.15) is 5.60 Å². The molecule has 0 unspecified atom stereocenters. The fraction of sp³-hybridized carbons (Fsp3) is 0.882. The van der Waals surface area contributed by atoms with Gasteiger partial charge in [-0.3, -0.25) is 9.59 Å². The van der Waals surface area contributed by atoms with Gasteiger partial charge in [-0.2, -0.15) is 0 Å². The lowest BCUT2D eigenvalue weighted by Gasteiger charge is -2.54. The van der Waals surface area contributed by atoms with Crippen LogP contribution in [0.25, 0.3) is 0 Å². The van der Waals surface area contributed by atoms with Gasteiger partial charge in [0, 0.05) is 31.3 Å². The van der Waals surface area contributed by atoms with Gasteiger partial charge >= 0.3 is 0 Å². The van der Waals surface area contributed by atoms with Crippen LogP contribution >= 0.6 is 0 Å². The van der Waals surface area contributed by atoms with Crippen LogP contribution in [0, 0.1) is 11.8 Å². The summed E-state index contributed by atoms with van der Waals surface area (Å²) in [7, 11) is 0. The van der Waals surface area contributed by atoms with Crippen LogP contribution in [-0.4, -0.2) is 60.0 Å². The molecule has 1 spiro atoms. The quantitative estimate of drug-likeness (QED) is 0.792. The van der Waals surface area contributed by atoms with Gasteiger partial charge in [0.25, 0.3) is 0 Å². The number of carbonyl (C=O) groups excluding carboxylic acids is 2. The Morgan fingerprint density at radius 1 is 1.23 bits per heavy atom. The van der Waals surface area contributed by atoms with Crippen molar-refractivity contribution >= 4 is 11.8 Å². The Morgan fingerprint density at radius 2 is 2.05 bits per heavy atom. The van der Waals surface area contributed by atoms with E-state index in [4.69, 9.17) is 4.74 Å². The number of ether oxygens (including phenoxy) is 1. The Kier molecular flexibility index (Phi) is 3.63. The van der Waals surface area contributed by atoms with Crippen LogP contribution in [0.15, 0.2) is 0 Å². The third-order valence-electron chi connectivity index (χ3n) is 6.01. The van der Waals surface area contributed by atoms with E-state index in [1.807, 2.05) is 9.80 Å². The van der Waals surface area contributed by atoms with Crippen molar-refractivity contribution in [3.63, 3.8) is 0 Å². The Labute approximate surface area is 132 Å². The van der Waals surface area contributed by atoms with E-state index in [9.17, 15) is 9.59 Å². The van der Waals surface area contributed by atoms with E-state index >= 15 is 0 Å². The van der Waals surface area contributed by atoms with Crippen LogP contribution in [0.3, 0.4) is 0 Å². The predicted molar refractivity (Wildman–Crippen MR) is 81.1 cm³/mol. The van der Waals surface area contributed by atoms with Crippen LogP contribution in [0.4, 0.5) is 0 Å². The average Bonchev–Trinajstić information content (AvgIpc) is 2.81. The van der Waals surface area contributed by atoms with Crippen molar-refractivity contribution in [1.82, 2.24) is 9.80 Å².